The zero-order valence-electron chi connectivity index (χ0n) is 16.6. The van der Waals surface area contributed by atoms with Crippen molar-refractivity contribution in [2.75, 3.05) is 38.0 Å². The number of alkyl halides is 3. The van der Waals surface area contributed by atoms with Gasteiger partial charge < -0.3 is 10.2 Å². The van der Waals surface area contributed by atoms with Crippen LogP contribution in [0.15, 0.2) is 47.4 Å². The largest absolute Gasteiger partial charge is 0.416 e. The number of nitrogens with one attached hydrogen (secondary N) is 1. The van der Waals surface area contributed by atoms with Gasteiger partial charge in [0.1, 0.15) is 4.90 Å². The molecule has 1 amide bonds. The van der Waals surface area contributed by atoms with Crippen LogP contribution in [0.2, 0.25) is 5.02 Å². The van der Waals surface area contributed by atoms with E-state index in [1.165, 1.54) is 4.90 Å². The van der Waals surface area contributed by atoms with Gasteiger partial charge in [0.2, 0.25) is 15.9 Å². The van der Waals surface area contributed by atoms with Gasteiger partial charge in [-0.15, -0.1) is 0 Å². The van der Waals surface area contributed by atoms with E-state index in [9.17, 15) is 26.4 Å². The maximum atomic E-state index is 13.0. The fourth-order valence-corrected chi connectivity index (χ4v) is 5.07. The fourth-order valence-electron chi connectivity index (χ4n) is 3.15. The summed E-state index contributed by atoms with van der Waals surface area (Å²) in [5.74, 6) is -0.261. The lowest BCUT2D eigenvalue weighted by Gasteiger charge is -2.34. The minimum absolute atomic E-state index is 0.0297. The van der Waals surface area contributed by atoms with Gasteiger partial charge in [-0.1, -0.05) is 11.6 Å². The van der Waals surface area contributed by atoms with E-state index in [2.05, 4.69) is 5.32 Å². The highest BCUT2D eigenvalue weighted by Gasteiger charge is 2.35. The van der Waals surface area contributed by atoms with Crippen LogP contribution < -0.4 is 5.32 Å². The molecule has 0 bridgehead atoms. The summed E-state index contributed by atoms with van der Waals surface area (Å²) < 4.78 is 65.7. The number of anilines is 1. The van der Waals surface area contributed by atoms with Crippen molar-refractivity contribution in [2.24, 2.45) is 0 Å². The number of nitriles is 1. The van der Waals surface area contributed by atoms with Gasteiger partial charge in [0, 0.05) is 31.9 Å². The molecular weight excluding hydrogens is 469 g/mol. The van der Waals surface area contributed by atoms with Crippen molar-refractivity contribution in [3.8, 4) is 6.07 Å². The van der Waals surface area contributed by atoms with Gasteiger partial charge in [0.05, 0.1) is 28.8 Å². The molecule has 0 unspecified atom stereocenters. The van der Waals surface area contributed by atoms with E-state index in [4.69, 9.17) is 16.9 Å². The number of hydrogen-bond acceptors (Lipinski definition) is 5. The molecule has 1 fully saturated rings. The van der Waals surface area contributed by atoms with Gasteiger partial charge >= 0.3 is 6.18 Å². The molecule has 1 saturated heterocycles. The minimum atomic E-state index is -4.71. The van der Waals surface area contributed by atoms with E-state index in [1.807, 2.05) is 6.07 Å². The predicted molar refractivity (Wildman–Crippen MR) is 111 cm³/mol. The number of piperazine rings is 1. The van der Waals surface area contributed by atoms with Crippen molar-refractivity contribution in [1.82, 2.24) is 9.21 Å². The number of nitrogens with zero attached hydrogens (tertiary/aromatic N) is 3. The molecule has 3 rings (SSSR count). The Kier molecular flexibility index (Phi) is 6.97. The van der Waals surface area contributed by atoms with Gasteiger partial charge in [0.25, 0.3) is 0 Å². The number of halogens is 4. The number of carbonyl (C=O) groups excluding carboxylic acids is 1. The Morgan fingerprint density at radius 2 is 1.72 bits per heavy atom. The Morgan fingerprint density at radius 1 is 1.09 bits per heavy atom. The fraction of sp³-hybridized carbons (Fsp3) is 0.300. The molecule has 0 aliphatic carbocycles. The van der Waals surface area contributed by atoms with Crippen molar-refractivity contribution in [3.05, 3.63) is 58.6 Å². The third-order valence-corrected chi connectivity index (χ3v) is 7.31. The minimum Gasteiger partial charge on any atom is -0.376 e. The predicted octanol–water partition coefficient (Wildman–Crippen LogP) is 3.18. The van der Waals surface area contributed by atoms with Gasteiger partial charge in [-0.3, -0.25) is 4.79 Å². The average molecular weight is 487 g/mol. The second-order valence-electron chi connectivity index (χ2n) is 6.97. The van der Waals surface area contributed by atoms with Gasteiger partial charge in [0.15, 0.2) is 0 Å². The molecule has 170 valence electrons. The Balaban J connectivity index is 1.62. The van der Waals surface area contributed by atoms with Crippen LogP contribution in [0.25, 0.3) is 0 Å². The van der Waals surface area contributed by atoms with Crippen LogP contribution in [-0.2, 0) is 21.0 Å². The molecule has 2 aromatic carbocycles. The van der Waals surface area contributed by atoms with Crippen molar-refractivity contribution in [3.63, 3.8) is 0 Å². The summed E-state index contributed by atoms with van der Waals surface area (Å²) in [7, 11) is -4.27. The van der Waals surface area contributed by atoms with E-state index in [0.717, 1.165) is 16.4 Å². The highest BCUT2D eigenvalue weighted by Crippen LogP contribution is 2.34. The average Bonchev–Trinajstić information content (AvgIpc) is 2.77. The van der Waals surface area contributed by atoms with Crippen molar-refractivity contribution in [2.45, 2.75) is 11.1 Å². The first-order valence-electron chi connectivity index (χ1n) is 9.41. The zero-order chi connectivity index (χ0) is 23.5. The molecule has 32 heavy (non-hydrogen) atoms. The maximum Gasteiger partial charge on any atom is 0.416 e. The second-order valence-corrected chi connectivity index (χ2v) is 9.28. The van der Waals surface area contributed by atoms with Crippen LogP contribution in [0.1, 0.15) is 11.1 Å². The summed E-state index contributed by atoms with van der Waals surface area (Å²) in [6.45, 7) is 0.000519. The monoisotopic (exact) mass is 486 g/mol. The zero-order valence-corrected chi connectivity index (χ0v) is 18.1. The third-order valence-electron chi connectivity index (χ3n) is 4.93. The Morgan fingerprint density at radius 3 is 2.28 bits per heavy atom. The standard InChI is InChI=1S/C20H18ClF3N4O3S/c21-17-6-3-15(20(22,23)24)11-18(17)32(30,31)28-9-7-27(8-10-28)19(29)13-26-16-4-1-14(12-25)2-5-16/h1-6,11,26H,7-10,13H2. The molecule has 1 N–H and O–H groups in total. The lowest BCUT2D eigenvalue weighted by molar-refractivity contribution is -0.137. The number of sulfonamides is 1. The molecule has 7 nitrogen and oxygen atoms in total. The molecule has 1 aliphatic rings. The van der Waals surface area contributed by atoms with E-state index < -0.39 is 26.7 Å². The first-order chi connectivity index (χ1) is 15.0. The van der Waals surface area contributed by atoms with Crippen molar-refractivity contribution in [1.29, 1.82) is 5.26 Å². The van der Waals surface area contributed by atoms with Crippen LogP contribution in [0.5, 0.6) is 0 Å². The number of hydrogen-bond donors (Lipinski definition) is 1. The summed E-state index contributed by atoms with van der Waals surface area (Å²) in [6.07, 6.45) is -4.71. The van der Waals surface area contributed by atoms with Gasteiger partial charge in [-0.2, -0.15) is 22.7 Å². The van der Waals surface area contributed by atoms with Crippen LogP contribution in [-0.4, -0.2) is 56.3 Å². The highest BCUT2D eigenvalue weighted by atomic mass is 35.5. The Labute approximate surface area is 188 Å². The van der Waals surface area contributed by atoms with Gasteiger partial charge in [-0.25, -0.2) is 8.42 Å². The first-order valence-corrected chi connectivity index (χ1v) is 11.2. The lowest BCUT2D eigenvalue weighted by atomic mass is 10.2. The molecule has 0 spiro atoms. The van der Waals surface area contributed by atoms with E-state index in [1.54, 1.807) is 24.3 Å². The first kappa shape index (κ1) is 23.8. The van der Waals surface area contributed by atoms with E-state index in [0.29, 0.717) is 17.3 Å². The molecule has 0 atom stereocenters. The summed E-state index contributed by atoms with van der Waals surface area (Å²) in [5, 5.41) is 11.4. The molecule has 0 radical (unpaired) electrons. The van der Waals surface area contributed by atoms with Crippen molar-refractivity contribution >= 4 is 33.2 Å². The summed E-state index contributed by atoms with van der Waals surface area (Å²) in [6, 6.07) is 10.7. The topological polar surface area (TPSA) is 93.5 Å². The number of carbonyl (C=O) groups is 1. The summed E-state index contributed by atoms with van der Waals surface area (Å²) in [5.41, 5.74) is 0.0287. The Bertz CT molecular complexity index is 1140. The SMILES string of the molecule is N#Cc1ccc(NCC(=O)N2CCN(S(=O)(=O)c3cc(C(F)(F)F)ccc3Cl)CC2)cc1. The molecule has 12 heteroatoms. The summed E-state index contributed by atoms with van der Waals surface area (Å²) >= 11 is 5.88. The summed E-state index contributed by atoms with van der Waals surface area (Å²) in [4.78, 5) is 13.3. The van der Waals surface area contributed by atoms with E-state index in [-0.39, 0.29) is 43.7 Å². The molecule has 1 heterocycles. The normalized spacial score (nSPS) is 15.3. The van der Waals surface area contributed by atoms with Crippen LogP contribution >= 0.6 is 11.6 Å². The molecule has 2 aromatic rings. The number of rotatable bonds is 5. The van der Waals surface area contributed by atoms with Crippen molar-refractivity contribution < 1.29 is 26.4 Å². The van der Waals surface area contributed by atoms with Gasteiger partial charge in [-0.05, 0) is 42.5 Å². The van der Waals surface area contributed by atoms with Crippen LogP contribution in [0.3, 0.4) is 0 Å². The highest BCUT2D eigenvalue weighted by molar-refractivity contribution is 7.89. The quantitative estimate of drug-likeness (QED) is 0.700. The second kappa shape index (κ2) is 9.36. The van der Waals surface area contributed by atoms with E-state index >= 15 is 0 Å². The maximum absolute atomic E-state index is 13.0. The number of amides is 1. The van der Waals surface area contributed by atoms with Crippen LogP contribution in [0.4, 0.5) is 18.9 Å². The number of benzene rings is 2. The molecule has 0 saturated carbocycles. The smallest absolute Gasteiger partial charge is 0.376 e. The lowest BCUT2D eigenvalue weighted by Crippen LogP contribution is -2.51. The molecular formula is C20H18ClF3N4O3S. The Hall–Kier alpha value is -2.81. The van der Waals surface area contributed by atoms with Crippen LogP contribution in [0, 0.1) is 11.3 Å². The molecule has 0 aromatic heterocycles. The third kappa shape index (κ3) is 5.32. The molecule has 1 aliphatic heterocycles.